The molecule has 0 radical (unpaired) electrons. The summed E-state index contributed by atoms with van der Waals surface area (Å²) in [7, 11) is 1.51. The maximum Gasteiger partial charge on any atom is 0.271 e. The van der Waals surface area contributed by atoms with Crippen molar-refractivity contribution in [3.63, 3.8) is 0 Å². The Kier molecular flexibility index (Phi) is 7.53. The van der Waals surface area contributed by atoms with E-state index < -0.39 is 0 Å². The Balaban J connectivity index is 2.02. The number of hydrogen-bond donors (Lipinski definition) is 1. The second-order valence-electron chi connectivity index (χ2n) is 5.18. The highest BCUT2D eigenvalue weighted by Crippen LogP contribution is 2.28. The molecule has 2 aromatic rings. The Morgan fingerprint density at radius 1 is 1.22 bits per heavy atom. The largest absolute Gasteiger partial charge is 0.493 e. The molecule has 0 saturated heterocycles. The number of ether oxygens (including phenoxy) is 3. The van der Waals surface area contributed by atoms with Crippen LogP contribution in [0, 0.1) is 12.3 Å². The zero-order valence-corrected chi connectivity index (χ0v) is 15.7. The van der Waals surface area contributed by atoms with Crippen molar-refractivity contribution in [2.24, 2.45) is 5.10 Å². The third kappa shape index (κ3) is 5.66. The summed E-state index contributed by atoms with van der Waals surface area (Å²) < 4.78 is 15.9. The number of terminal acetylenes is 1. The van der Waals surface area contributed by atoms with Crippen LogP contribution in [0.15, 0.2) is 41.5 Å². The van der Waals surface area contributed by atoms with Gasteiger partial charge < -0.3 is 14.2 Å². The van der Waals surface area contributed by atoms with E-state index in [1.807, 2.05) is 6.92 Å². The Hall–Kier alpha value is -3.17. The van der Waals surface area contributed by atoms with Crippen LogP contribution >= 0.6 is 11.6 Å². The summed E-state index contributed by atoms with van der Waals surface area (Å²) in [6, 6.07) is 9.98. The lowest BCUT2D eigenvalue weighted by atomic mass is 10.2. The van der Waals surface area contributed by atoms with E-state index in [4.69, 9.17) is 32.2 Å². The molecule has 1 amide bonds. The molecule has 2 aromatic carbocycles. The maximum absolute atomic E-state index is 12.2. The fraction of sp³-hybridized carbons (Fsp3) is 0.200. The number of rotatable bonds is 8. The zero-order chi connectivity index (χ0) is 19.6. The van der Waals surface area contributed by atoms with Crippen LogP contribution in [-0.2, 0) is 0 Å². The summed E-state index contributed by atoms with van der Waals surface area (Å²) >= 11 is 6.11. The summed E-state index contributed by atoms with van der Waals surface area (Å²) in [5, 5.41) is 4.34. The average molecular weight is 387 g/mol. The smallest absolute Gasteiger partial charge is 0.271 e. The van der Waals surface area contributed by atoms with Gasteiger partial charge in [-0.25, -0.2) is 5.43 Å². The first-order valence-corrected chi connectivity index (χ1v) is 8.46. The number of hydrogen-bond acceptors (Lipinski definition) is 5. The van der Waals surface area contributed by atoms with Gasteiger partial charge in [0.25, 0.3) is 5.91 Å². The van der Waals surface area contributed by atoms with E-state index >= 15 is 0 Å². The summed E-state index contributed by atoms with van der Waals surface area (Å²) in [6.07, 6.45) is 6.62. The van der Waals surface area contributed by atoms with E-state index in [1.54, 1.807) is 36.4 Å². The highest BCUT2D eigenvalue weighted by molar-refractivity contribution is 6.32. The van der Waals surface area contributed by atoms with E-state index in [-0.39, 0.29) is 12.5 Å². The number of carbonyl (C=O) groups is 1. The Morgan fingerprint density at radius 2 is 2.00 bits per heavy atom. The molecule has 0 aliphatic carbocycles. The molecule has 0 fully saturated rings. The van der Waals surface area contributed by atoms with Crippen LogP contribution in [0.3, 0.4) is 0 Å². The molecule has 0 saturated carbocycles. The van der Waals surface area contributed by atoms with Crippen molar-refractivity contribution in [3.05, 3.63) is 52.5 Å². The summed E-state index contributed by atoms with van der Waals surface area (Å²) in [4.78, 5) is 12.2. The van der Waals surface area contributed by atoms with Gasteiger partial charge in [0.1, 0.15) is 12.4 Å². The SMILES string of the molecule is C#CCOc1ccc(/C=N/NC(=O)c2ccc(OCC)c(OC)c2)cc1Cl. The number of hydrazone groups is 1. The van der Waals surface area contributed by atoms with Gasteiger partial charge in [-0.3, -0.25) is 4.79 Å². The monoisotopic (exact) mass is 386 g/mol. The number of carbonyl (C=O) groups excluding carboxylic acids is 1. The first kappa shape index (κ1) is 20.1. The van der Waals surface area contributed by atoms with Crippen LogP contribution in [0.5, 0.6) is 17.2 Å². The number of nitrogens with one attached hydrogen (secondary N) is 1. The van der Waals surface area contributed by atoms with Crippen molar-refractivity contribution in [3.8, 4) is 29.6 Å². The molecule has 0 unspecified atom stereocenters. The number of halogens is 1. The number of amides is 1. The Morgan fingerprint density at radius 3 is 2.67 bits per heavy atom. The third-order valence-corrected chi connectivity index (χ3v) is 3.67. The van der Waals surface area contributed by atoms with Crippen LogP contribution < -0.4 is 19.6 Å². The molecule has 7 heteroatoms. The van der Waals surface area contributed by atoms with Gasteiger partial charge in [0.2, 0.25) is 0 Å². The molecule has 27 heavy (non-hydrogen) atoms. The van der Waals surface area contributed by atoms with Crippen molar-refractivity contribution in [1.29, 1.82) is 0 Å². The summed E-state index contributed by atoms with van der Waals surface area (Å²) in [5.74, 6) is 3.52. The second kappa shape index (κ2) is 10.1. The second-order valence-corrected chi connectivity index (χ2v) is 5.59. The third-order valence-electron chi connectivity index (χ3n) is 3.37. The molecule has 0 bridgehead atoms. The predicted octanol–water partition coefficient (Wildman–Crippen LogP) is 3.52. The fourth-order valence-corrected chi connectivity index (χ4v) is 2.39. The normalized spacial score (nSPS) is 10.3. The standard InChI is InChI=1S/C20H19ClN2O4/c1-4-10-27-17-8-6-14(11-16(17)21)13-22-23-20(24)15-7-9-18(26-5-2)19(12-15)25-3/h1,6-9,11-13H,5,10H2,2-3H3,(H,23,24)/b22-13+. The lowest BCUT2D eigenvalue weighted by Crippen LogP contribution is -2.17. The van der Waals surface area contributed by atoms with E-state index in [0.717, 1.165) is 0 Å². The topological polar surface area (TPSA) is 69.2 Å². The molecular weight excluding hydrogens is 368 g/mol. The fourth-order valence-electron chi connectivity index (χ4n) is 2.15. The van der Waals surface area contributed by atoms with E-state index in [1.165, 1.54) is 13.3 Å². The van der Waals surface area contributed by atoms with Crippen molar-refractivity contribution < 1.29 is 19.0 Å². The lowest BCUT2D eigenvalue weighted by Gasteiger charge is -2.10. The van der Waals surface area contributed by atoms with Crippen LogP contribution in [0.2, 0.25) is 5.02 Å². The molecule has 0 aliphatic heterocycles. The highest BCUT2D eigenvalue weighted by Gasteiger charge is 2.10. The molecule has 2 rings (SSSR count). The molecule has 0 spiro atoms. The zero-order valence-electron chi connectivity index (χ0n) is 15.0. The first-order chi connectivity index (χ1) is 13.1. The minimum absolute atomic E-state index is 0.134. The van der Waals surface area contributed by atoms with Gasteiger partial charge in [0.05, 0.1) is 25.0 Å². The quantitative estimate of drug-likeness (QED) is 0.428. The first-order valence-electron chi connectivity index (χ1n) is 8.09. The maximum atomic E-state index is 12.2. The van der Waals surface area contributed by atoms with Gasteiger partial charge in [-0.05, 0) is 48.9 Å². The molecule has 0 atom stereocenters. The van der Waals surface area contributed by atoms with E-state index in [9.17, 15) is 4.79 Å². The van der Waals surface area contributed by atoms with Gasteiger partial charge >= 0.3 is 0 Å². The van der Waals surface area contributed by atoms with Gasteiger partial charge in [0, 0.05) is 5.56 Å². The molecule has 0 heterocycles. The lowest BCUT2D eigenvalue weighted by molar-refractivity contribution is 0.0954. The van der Waals surface area contributed by atoms with E-state index in [0.29, 0.717) is 40.0 Å². The number of methoxy groups -OCH3 is 1. The minimum Gasteiger partial charge on any atom is -0.493 e. The van der Waals surface area contributed by atoms with E-state index in [2.05, 4.69) is 16.4 Å². The van der Waals surface area contributed by atoms with Gasteiger partial charge in [-0.2, -0.15) is 5.10 Å². The van der Waals surface area contributed by atoms with Crippen LogP contribution in [0.1, 0.15) is 22.8 Å². The van der Waals surface area contributed by atoms with Crippen molar-refractivity contribution >= 4 is 23.7 Å². The molecule has 1 N–H and O–H groups in total. The molecule has 0 aliphatic rings. The van der Waals surface area contributed by atoms with Gasteiger partial charge in [-0.15, -0.1) is 6.42 Å². The summed E-state index contributed by atoms with van der Waals surface area (Å²) in [6.45, 7) is 2.50. The Labute approximate surface area is 163 Å². The average Bonchev–Trinajstić information content (AvgIpc) is 2.67. The van der Waals surface area contributed by atoms with Crippen molar-refractivity contribution in [1.82, 2.24) is 5.43 Å². The molecule has 140 valence electrons. The predicted molar refractivity (Wildman–Crippen MR) is 105 cm³/mol. The molecular formula is C20H19ClN2O4. The van der Waals surface area contributed by atoms with Crippen LogP contribution in [0.4, 0.5) is 0 Å². The van der Waals surface area contributed by atoms with Crippen molar-refractivity contribution in [2.45, 2.75) is 6.92 Å². The highest BCUT2D eigenvalue weighted by atomic mass is 35.5. The number of nitrogens with zero attached hydrogens (tertiary/aromatic N) is 1. The minimum atomic E-state index is -0.382. The van der Waals surface area contributed by atoms with Crippen LogP contribution in [-0.4, -0.2) is 32.4 Å². The van der Waals surface area contributed by atoms with Gasteiger partial charge in [-0.1, -0.05) is 17.5 Å². The number of benzene rings is 2. The molecule has 0 aromatic heterocycles. The van der Waals surface area contributed by atoms with Crippen molar-refractivity contribution in [2.75, 3.05) is 20.3 Å². The Bertz CT molecular complexity index is 875. The molecule has 6 nitrogen and oxygen atoms in total. The van der Waals surface area contributed by atoms with Crippen LogP contribution in [0.25, 0.3) is 0 Å². The van der Waals surface area contributed by atoms with Gasteiger partial charge in [0.15, 0.2) is 11.5 Å². The summed E-state index contributed by atoms with van der Waals surface area (Å²) in [5.41, 5.74) is 3.54.